The van der Waals surface area contributed by atoms with E-state index in [0.717, 1.165) is 25.7 Å². The van der Waals surface area contributed by atoms with Crippen LogP contribution in [0.2, 0.25) is 0 Å². The van der Waals surface area contributed by atoms with Crippen LogP contribution in [0.5, 0.6) is 0 Å². The van der Waals surface area contributed by atoms with E-state index in [2.05, 4.69) is 5.32 Å². The van der Waals surface area contributed by atoms with Crippen molar-refractivity contribution in [3.05, 3.63) is 0 Å². The molecule has 0 aliphatic heterocycles. The number of hydrogen-bond acceptors (Lipinski definition) is 5. The van der Waals surface area contributed by atoms with Gasteiger partial charge in [0.1, 0.15) is 12.1 Å². The second kappa shape index (κ2) is 12.4. The van der Waals surface area contributed by atoms with Gasteiger partial charge in [0.15, 0.2) is 0 Å². The van der Waals surface area contributed by atoms with Crippen LogP contribution in [-0.2, 0) is 9.59 Å². The third kappa shape index (κ3) is 10.5. The summed E-state index contributed by atoms with van der Waals surface area (Å²) in [6.07, 6.45) is 8.22. The molecule has 2 atom stereocenters. The van der Waals surface area contributed by atoms with Crippen molar-refractivity contribution in [3.8, 4) is 0 Å². The summed E-state index contributed by atoms with van der Waals surface area (Å²) in [5.41, 5.74) is 10.4. The lowest BCUT2D eigenvalue weighted by atomic mass is 9.95. The topological polar surface area (TPSA) is 139 Å². The maximum Gasteiger partial charge on any atom is 0.320 e. The summed E-state index contributed by atoms with van der Waals surface area (Å²) in [4.78, 5) is 20.6. The van der Waals surface area contributed by atoms with E-state index in [4.69, 9.17) is 21.7 Å². The Balaban J connectivity index is 0.000000409. The van der Waals surface area contributed by atoms with Gasteiger partial charge in [0.05, 0.1) is 0 Å². The maximum absolute atomic E-state index is 10.5. The number of carbonyl (C=O) groups is 2. The lowest BCUT2D eigenvalue weighted by Gasteiger charge is -2.24. The van der Waals surface area contributed by atoms with E-state index in [1.807, 2.05) is 0 Å². The van der Waals surface area contributed by atoms with Crippen LogP contribution in [-0.4, -0.2) is 46.8 Å². The average molecular weight is 317 g/mol. The monoisotopic (exact) mass is 317 g/mol. The fourth-order valence-corrected chi connectivity index (χ4v) is 2.33. The molecule has 1 aliphatic carbocycles. The first-order chi connectivity index (χ1) is 10.4. The van der Waals surface area contributed by atoms with Crippen LogP contribution in [0.3, 0.4) is 0 Å². The van der Waals surface area contributed by atoms with Crippen LogP contribution in [0.1, 0.15) is 58.3 Å². The Morgan fingerprint density at radius 3 is 2.18 bits per heavy atom. The van der Waals surface area contributed by atoms with Gasteiger partial charge < -0.3 is 27.0 Å². The highest BCUT2D eigenvalue weighted by molar-refractivity contribution is 5.73. The van der Waals surface area contributed by atoms with Crippen molar-refractivity contribution in [1.29, 1.82) is 0 Å². The van der Waals surface area contributed by atoms with Crippen molar-refractivity contribution in [1.82, 2.24) is 5.32 Å². The SMILES string of the molecule is CC(NC1CCCCC1)C(=O)O.NCCCCC(N)C(=O)O. The summed E-state index contributed by atoms with van der Waals surface area (Å²) in [6.45, 7) is 2.31. The van der Waals surface area contributed by atoms with Gasteiger partial charge in [-0.15, -0.1) is 0 Å². The fraction of sp³-hybridized carbons (Fsp3) is 0.867. The molecule has 0 radical (unpaired) electrons. The van der Waals surface area contributed by atoms with Gasteiger partial charge in [0, 0.05) is 6.04 Å². The van der Waals surface area contributed by atoms with E-state index < -0.39 is 24.0 Å². The van der Waals surface area contributed by atoms with Gasteiger partial charge in [0.2, 0.25) is 0 Å². The lowest BCUT2D eigenvalue weighted by molar-refractivity contribution is -0.140. The van der Waals surface area contributed by atoms with Gasteiger partial charge in [-0.2, -0.15) is 0 Å². The molecule has 1 rings (SSSR count). The molecule has 2 unspecified atom stereocenters. The maximum atomic E-state index is 10.5. The molecule has 0 saturated heterocycles. The molecule has 0 aromatic rings. The number of nitrogens with one attached hydrogen (secondary N) is 1. The van der Waals surface area contributed by atoms with Gasteiger partial charge >= 0.3 is 11.9 Å². The third-order valence-electron chi connectivity index (χ3n) is 3.75. The van der Waals surface area contributed by atoms with E-state index in [9.17, 15) is 9.59 Å². The number of aliphatic carboxylic acids is 2. The molecule has 0 bridgehead atoms. The summed E-state index contributed by atoms with van der Waals surface area (Å²) >= 11 is 0. The van der Waals surface area contributed by atoms with Crippen LogP contribution in [0, 0.1) is 0 Å². The van der Waals surface area contributed by atoms with E-state index in [-0.39, 0.29) is 0 Å². The van der Waals surface area contributed by atoms with Gasteiger partial charge in [0.25, 0.3) is 0 Å². The molecular weight excluding hydrogens is 286 g/mol. The highest BCUT2D eigenvalue weighted by Gasteiger charge is 2.18. The van der Waals surface area contributed by atoms with Gasteiger partial charge in [-0.25, -0.2) is 0 Å². The number of nitrogens with two attached hydrogens (primary N) is 2. The Labute approximate surface area is 132 Å². The van der Waals surface area contributed by atoms with Crippen molar-refractivity contribution in [2.45, 2.75) is 76.4 Å². The number of rotatable bonds is 8. The number of carboxylic acid groups (broad SMARTS) is 2. The molecule has 1 fully saturated rings. The van der Waals surface area contributed by atoms with Crippen molar-refractivity contribution in [2.24, 2.45) is 11.5 Å². The lowest BCUT2D eigenvalue weighted by Crippen LogP contribution is -2.42. The van der Waals surface area contributed by atoms with Crippen molar-refractivity contribution in [3.63, 3.8) is 0 Å². The molecule has 7 nitrogen and oxygen atoms in total. The molecule has 1 saturated carbocycles. The van der Waals surface area contributed by atoms with Crippen LogP contribution in [0.25, 0.3) is 0 Å². The van der Waals surface area contributed by atoms with Gasteiger partial charge in [-0.05, 0) is 39.2 Å². The fourth-order valence-electron chi connectivity index (χ4n) is 2.33. The van der Waals surface area contributed by atoms with Gasteiger partial charge in [-0.1, -0.05) is 25.7 Å². The Hall–Kier alpha value is -1.18. The first-order valence-electron chi connectivity index (χ1n) is 8.05. The second-order valence-corrected chi connectivity index (χ2v) is 5.79. The number of unbranched alkanes of at least 4 members (excludes halogenated alkanes) is 1. The zero-order valence-corrected chi connectivity index (χ0v) is 13.5. The average Bonchev–Trinajstić information content (AvgIpc) is 2.48. The van der Waals surface area contributed by atoms with Crippen LogP contribution >= 0.6 is 0 Å². The second-order valence-electron chi connectivity index (χ2n) is 5.79. The minimum atomic E-state index is -0.933. The molecule has 0 spiro atoms. The Morgan fingerprint density at radius 2 is 1.73 bits per heavy atom. The minimum absolute atomic E-state index is 0.395. The van der Waals surface area contributed by atoms with Crippen LogP contribution in [0.15, 0.2) is 0 Å². The predicted octanol–water partition coefficient (Wildman–Crippen LogP) is 0.909. The minimum Gasteiger partial charge on any atom is -0.480 e. The Bertz CT molecular complexity index is 320. The quantitative estimate of drug-likeness (QED) is 0.419. The van der Waals surface area contributed by atoms with Crippen LogP contribution in [0.4, 0.5) is 0 Å². The van der Waals surface area contributed by atoms with Crippen molar-refractivity contribution in [2.75, 3.05) is 6.54 Å². The summed E-state index contributed by atoms with van der Waals surface area (Å²) in [6, 6.07) is -0.676. The van der Waals surface area contributed by atoms with Crippen LogP contribution < -0.4 is 16.8 Å². The van der Waals surface area contributed by atoms with E-state index in [0.29, 0.717) is 19.0 Å². The van der Waals surface area contributed by atoms with Gasteiger partial charge in [-0.3, -0.25) is 9.59 Å². The molecule has 0 aromatic carbocycles. The first kappa shape index (κ1) is 20.8. The normalized spacial score (nSPS) is 18.0. The number of carboxylic acids is 2. The smallest absolute Gasteiger partial charge is 0.320 e. The molecule has 1 aliphatic rings. The highest BCUT2D eigenvalue weighted by Crippen LogP contribution is 2.17. The summed E-state index contributed by atoms with van der Waals surface area (Å²) in [5, 5.41) is 20.1. The Kier molecular flexibility index (Phi) is 11.7. The molecule has 130 valence electrons. The van der Waals surface area contributed by atoms with E-state index >= 15 is 0 Å². The van der Waals surface area contributed by atoms with E-state index in [1.165, 1.54) is 19.3 Å². The summed E-state index contributed by atoms with van der Waals surface area (Å²) in [5.74, 6) is -1.68. The molecule has 0 amide bonds. The highest BCUT2D eigenvalue weighted by atomic mass is 16.4. The molecule has 22 heavy (non-hydrogen) atoms. The standard InChI is InChI=1S/C9H17NO2.C6H14N2O2/c1-7(9(11)12)10-8-5-3-2-4-6-8;7-4-2-1-3-5(8)6(9)10/h7-8,10H,2-6H2,1H3,(H,11,12);5H,1-4,7-8H2,(H,9,10). The zero-order valence-electron chi connectivity index (χ0n) is 13.5. The first-order valence-corrected chi connectivity index (χ1v) is 8.05. The molecule has 0 heterocycles. The molecule has 0 aromatic heterocycles. The van der Waals surface area contributed by atoms with Crippen molar-refractivity contribution < 1.29 is 19.8 Å². The zero-order chi connectivity index (χ0) is 17.0. The van der Waals surface area contributed by atoms with E-state index in [1.54, 1.807) is 6.92 Å². The molecular formula is C15H31N3O4. The molecule has 7 heteroatoms. The van der Waals surface area contributed by atoms with Crippen molar-refractivity contribution >= 4 is 11.9 Å². The summed E-state index contributed by atoms with van der Waals surface area (Å²) in [7, 11) is 0. The summed E-state index contributed by atoms with van der Waals surface area (Å²) < 4.78 is 0. The molecule has 7 N–H and O–H groups in total. The number of hydrogen-bond donors (Lipinski definition) is 5. The largest absolute Gasteiger partial charge is 0.480 e. The third-order valence-corrected chi connectivity index (χ3v) is 3.75. The predicted molar refractivity (Wildman–Crippen MR) is 85.6 cm³/mol. The Morgan fingerprint density at radius 1 is 1.14 bits per heavy atom.